The van der Waals surface area contributed by atoms with Crippen molar-refractivity contribution in [2.45, 2.75) is 17.0 Å². The first-order chi connectivity index (χ1) is 8.08. The van der Waals surface area contributed by atoms with E-state index in [1.807, 2.05) is 25.1 Å². The number of amidine groups is 1. The molecule has 2 aromatic rings. The number of rotatable bonds is 3. The van der Waals surface area contributed by atoms with Crippen molar-refractivity contribution in [2.24, 2.45) is 12.8 Å². The third-order valence-electron chi connectivity index (χ3n) is 2.27. The smallest absolute Gasteiger partial charge is 0.213 e. The lowest BCUT2D eigenvalue weighted by Gasteiger charge is -2.06. The van der Waals surface area contributed by atoms with Crippen molar-refractivity contribution in [3.8, 4) is 0 Å². The van der Waals surface area contributed by atoms with Crippen LogP contribution in [0.4, 0.5) is 0 Å². The summed E-state index contributed by atoms with van der Waals surface area (Å²) >= 11 is 1.48. The van der Waals surface area contributed by atoms with Gasteiger partial charge in [-0.1, -0.05) is 6.07 Å². The Labute approximate surface area is 103 Å². The second kappa shape index (κ2) is 4.54. The van der Waals surface area contributed by atoms with E-state index >= 15 is 0 Å². The van der Waals surface area contributed by atoms with Crippen LogP contribution in [0, 0.1) is 12.3 Å². The van der Waals surface area contributed by atoms with Gasteiger partial charge < -0.3 is 5.73 Å². The van der Waals surface area contributed by atoms with Gasteiger partial charge in [-0.05, 0) is 46.8 Å². The first-order valence-electron chi connectivity index (χ1n) is 4.93. The number of tetrazole rings is 1. The summed E-state index contributed by atoms with van der Waals surface area (Å²) in [5.74, 6) is 0.0741. The first kappa shape index (κ1) is 11.6. The highest BCUT2D eigenvalue weighted by Crippen LogP contribution is 2.28. The Kier molecular flexibility index (Phi) is 3.10. The Morgan fingerprint density at radius 3 is 2.76 bits per heavy atom. The van der Waals surface area contributed by atoms with E-state index in [1.165, 1.54) is 11.8 Å². The number of benzene rings is 1. The van der Waals surface area contributed by atoms with Crippen LogP contribution in [0.1, 0.15) is 11.1 Å². The van der Waals surface area contributed by atoms with Crippen LogP contribution in [0.15, 0.2) is 28.3 Å². The van der Waals surface area contributed by atoms with Crippen LogP contribution < -0.4 is 5.73 Å². The molecule has 7 heteroatoms. The normalized spacial score (nSPS) is 10.5. The molecule has 0 aliphatic heterocycles. The summed E-state index contributed by atoms with van der Waals surface area (Å²) in [6.07, 6.45) is 0. The van der Waals surface area contributed by atoms with Gasteiger partial charge in [-0.15, -0.1) is 5.10 Å². The number of aromatic nitrogens is 4. The van der Waals surface area contributed by atoms with Crippen LogP contribution >= 0.6 is 11.8 Å². The molecule has 0 saturated heterocycles. The number of aryl methyl sites for hydroxylation is 2. The summed E-state index contributed by atoms with van der Waals surface area (Å²) in [6, 6.07) is 5.63. The summed E-state index contributed by atoms with van der Waals surface area (Å²) in [7, 11) is 1.79. The predicted molar refractivity (Wildman–Crippen MR) is 65.1 cm³/mol. The molecule has 1 heterocycles. The fraction of sp³-hybridized carbons (Fsp3) is 0.200. The molecule has 0 fully saturated rings. The van der Waals surface area contributed by atoms with Crippen LogP contribution in [0.25, 0.3) is 0 Å². The molecule has 6 nitrogen and oxygen atoms in total. The van der Waals surface area contributed by atoms with Crippen LogP contribution in [-0.4, -0.2) is 26.0 Å². The number of hydrogen-bond acceptors (Lipinski definition) is 5. The molecule has 1 aromatic heterocycles. The summed E-state index contributed by atoms with van der Waals surface area (Å²) in [4.78, 5) is 1.05. The van der Waals surface area contributed by atoms with E-state index in [0.29, 0.717) is 0 Å². The largest absolute Gasteiger partial charge is 0.384 e. The van der Waals surface area contributed by atoms with E-state index in [1.54, 1.807) is 11.7 Å². The van der Waals surface area contributed by atoms with Gasteiger partial charge in [-0.2, -0.15) is 0 Å². The Bertz CT molecular complexity index is 562. The van der Waals surface area contributed by atoms with Gasteiger partial charge in [0.15, 0.2) is 0 Å². The van der Waals surface area contributed by atoms with Gasteiger partial charge in [-0.3, -0.25) is 5.41 Å². The zero-order chi connectivity index (χ0) is 12.4. The average Bonchev–Trinajstić information content (AvgIpc) is 2.67. The lowest BCUT2D eigenvalue weighted by atomic mass is 10.1. The number of hydrogen-bond donors (Lipinski definition) is 2. The average molecular weight is 248 g/mol. The topological polar surface area (TPSA) is 93.5 Å². The first-order valence-corrected chi connectivity index (χ1v) is 5.75. The van der Waals surface area contributed by atoms with Crippen LogP contribution in [0.5, 0.6) is 0 Å². The maximum absolute atomic E-state index is 7.37. The molecule has 0 aliphatic rings. The molecule has 0 bridgehead atoms. The van der Waals surface area contributed by atoms with E-state index in [4.69, 9.17) is 11.1 Å². The van der Waals surface area contributed by atoms with Gasteiger partial charge in [0.2, 0.25) is 5.16 Å². The SMILES string of the molecule is Cc1cc(C(=N)N)ccc1Sc1nnnn1C. The highest BCUT2D eigenvalue weighted by atomic mass is 32.2. The zero-order valence-electron chi connectivity index (χ0n) is 9.51. The third-order valence-corrected chi connectivity index (χ3v) is 3.47. The molecular formula is C10H12N6S. The lowest BCUT2D eigenvalue weighted by molar-refractivity contribution is 0.664. The fourth-order valence-corrected chi connectivity index (χ4v) is 2.14. The molecule has 2 rings (SSSR count). The van der Waals surface area contributed by atoms with Crippen molar-refractivity contribution >= 4 is 17.6 Å². The maximum Gasteiger partial charge on any atom is 0.213 e. The number of nitrogens with one attached hydrogen (secondary N) is 1. The molecular weight excluding hydrogens is 236 g/mol. The monoisotopic (exact) mass is 248 g/mol. The van der Waals surface area contributed by atoms with E-state index in [0.717, 1.165) is 21.2 Å². The Morgan fingerprint density at radius 2 is 2.24 bits per heavy atom. The van der Waals surface area contributed by atoms with Crippen molar-refractivity contribution in [2.75, 3.05) is 0 Å². The molecule has 0 atom stereocenters. The van der Waals surface area contributed by atoms with Crippen molar-refractivity contribution < 1.29 is 0 Å². The van der Waals surface area contributed by atoms with Crippen molar-refractivity contribution in [3.63, 3.8) is 0 Å². The standard InChI is InChI=1S/C10H12N6S/c1-6-5-7(9(11)12)3-4-8(6)17-10-13-14-15-16(10)2/h3-5H,1-2H3,(H3,11,12). The zero-order valence-corrected chi connectivity index (χ0v) is 10.3. The Balaban J connectivity index is 2.29. The second-order valence-electron chi connectivity index (χ2n) is 3.58. The Hall–Kier alpha value is -1.89. The molecule has 0 radical (unpaired) electrons. The van der Waals surface area contributed by atoms with Crippen molar-refractivity contribution in [3.05, 3.63) is 29.3 Å². The summed E-state index contributed by atoms with van der Waals surface area (Å²) in [5.41, 5.74) is 7.20. The molecule has 0 amide bonds. The predicted octanol–water partition coefficient (Wildman–Crippen LogP) is 0.954. The van der Waals surface area contributed by atoms with E-state index in [-0.39, 0.29) is 5.84 Å². The van der Waals surface area contributed by atoms with Crippen LogP contribution in [0.3, 0.4) is 0 Å². The van der Waals surface area contributed by atoms with Gasteiger partial charge >= 0.3 is 0 Å². The van der Waals surface area contributed by atoms with Gasteiger partial charge in [-0.25, -0.2) is 4.68 Å². The van der Waals surface area contributed by atoms with Crippen LogP contribution in [0.2, 0.25) is 0 Å². The molecule has 3 N–H and O–H groups in total. The highest BCUT2D eigenvalue weighted by molar-refractivity contribution is 7.99. The van der Waals surface area contributed by atoms with Gasteiger partial charge in [0.05, 0.1) is 0 Å². The molecule has 1 aromatic carbocycles. The van der Waals surface area contributed by atoms with E-state index in [2.05, 4.69) is 15.5 Å². The minimum absolute atomic E-state index is 0.0741. The molecule has 0 saturated carbocycles. The van der Waals surface area contributed by atoms with E-state index in [9.17, 15) is 0 Å². The minimum atomic E-state index is 0.0741. The molecule has 17 heavy (non-hydrogen) atoms. The van der Waals surface area contributed by atoms with Crippen LogP contribution in [-0.2, 0) is 7.05 Å². The summed E-state index contributed by atoms with van der Waals surface area (Å²) < 4.78 is 1.61. The lowest BCUT2D eigenvalue weighted by Crippen LogP contribution is -2.11. The minimum Gasteiger partial charge on any atom is -0.384 e. The van der Waals surface area contributed by atoms with Crippen molar-refractivity contribution in [1.29, 1.82) is 5.41 Å². The molecule has 0 spiro atoms. The number of nitrogens with two attached hydrogens (primary N) is 1. The Morgan fingerprint density at radius 1 is 1.47 bits per heavy atom. The summed E-state index contributed by atoms with van der Waals surface area (Å²) in [6.45, 7) is 1.97. The maximum atomic E-state index is 7.37. The second-order valence-corrected chi connectivity index (χ2v) is 4.59. The number of nitrogen functional groups attached to an aromatic ring is 1. The molecule has 0 aliphatic carbocycles. The van der Waals surface area contributed by atoms with Gasteiger partial charge in [0.25, 0.3) is 0 Å². The third kappa shape index (κ3) is 2.44. The van der Waals surface area contributed by atoms with Gasteiger partial charge in [0.1, 0.15) is 5.84 Å². The fourth-order valence-electron chi connectivity index (χ4n) is 1.34. The summed E-state index contributed by atoms with van der Waals surface area (Å²) in [5, 5.41) is 19.4. The van der Waals surface area contributed by atoms with Gasteiger partial charge in [0, 0.05) is 17.5 Å². The molecule has 0 unspecified atom stereocenters. The van der Waals surface area contributed by atoms with E-state index < -0.39 is 0 Å². The van der Waals surface area contributed by atoms with Crippen molar-refractivity contribution in [1.82, 2.24) is 20.2 Å². The molecule has 88 valence electrons. The highest BCUT2D eigenvalue weighted by Gasteiger charge is 2.08. The number of nitrogens with zero attached hydrogens (tertiary/aromatic N) is 4. The quantitative estimate of drug-likeness (QED) is 0.623.